The molecule has 37 heavy (non-hydrogen) atoms. The smallest absolute Gasteiger partial charge is 0.118 e. The molecule has 4 heteroatoms. The first kappa shape index (κ1) is 25.5. The van der Waals surface area contributed by atoms with Gasteiger partial charge in [0.25, 0.3) is 0 Å². The lowest BCUT2D eigenvalue weighted by Crippen LogP contribution is -2.32. The topological polar surface area (TPSA) is 22.1 Å². The molecule has 0 unspecified atom stereocenters. The van der Waals surface area contributed by atoms with Crippen LogP contribution >= 0.6 is 18.6 Å². The molecule has 0 aliphatic heterocycles. The first-order valence-electron chi connectivity index (χ1n) is 12.8. The van der Waals surface area contributed by atoms with Gasteiger partial charge in [-0.15, -0.1) is 11.3 Å². The molecule has 0 amide bonds. The Morgan fingerprint density at radius 3 is 1.70 bits per heavy atom. The second-order valence-electron chi connectivity index (χ2n) is 9.52. The summed E-state index contributed by atoms with van der Waals surface area (Å²) in [6.07, 6.45) is 1.85. The van der Waals surface area contributed by atoms with Crippen molar-refractivity contribution < 1.29 is 4.74 Å². The predicted molar refractivity (Wildman–Crippen MR) is 160 cm³/mol. The van der Waals surface area contributed by atoms with Crippen LogP contribution in [-0.2, 0) is 23.9 Å². The van der Waals surface area contributed by atoms with Gasteiger partial charge in [0.2, 0.25) is 0 Å². The zero-order valence-corrected chi connectivity index (χ0v) is 23.0. The van der Waals surface area contributed by atoms with E-state index < -0.39 is 7.26 Å². The SMILES string of the molecule is C[C@@H](COCc1ccccc1)Cc1nc(C[P+](c2ccccc2)(c2ccccc2)c2ccccc2)cs1. The van der Waals surface area contributed by atoms with E-state index in [1.165, 1.54) is 32.2 Å². The maximum Gasteiger partial charge on any atom is 0.118 e. The number of thiazole rings is 1. The Morgan fingerprint density at radius 2 is 1.19 bits per heavy atom. The minimum Gasteiger partial charge on any atom is -0.376 e. The van der Waals surface area contributed by atoms with Crippen LogP contribution in [0.2, 0.25) is 0 Å². The van der Waals surface area contributed by atoms with Crippen LogP contribution in [0.4, 0.5) is 0 Å². The number of nitrogens with zero attached hydrogens (tertiary/aromatic N) is 1. The highest BCUT2D eigenvalue weighted by molar-refractivity contribution is 7.95. The van der Waals surface area contributed by atoms with Crippen molar-refractivity contribution in [3.63, 3.8) is 0 Å². The Morgan fingerprint density at radius 1 is 0.703 bits per heavy atom. The van der Waals surface area contributed by atoms with Crippen LogP contribution in [0.15, 0.2) is 127 Å². The first-order chi connectivity index (χ1) is 18.2. The fraction of sp³-hybridized carbons (Fsp3) is 0.182. The van der Waals surface area contributed by atoms with Gasteiger partial charge in [0.05, 0.1) is 17.3 Å². The zero-order valence-electron chi connectivity index (χ0n) is 21.2. The highest BCUT2D eigenvalue weighted by Gasteiger charge is 2.46. The normalized spacial score (nSPS) is 12.4. The summed E-state index contributed by atoms with van der Waals surface area (Å²) in [5.74, 6) is 0.416. The standard InChI is InChI=1S/C33H33NOPS/c1-27(23-35-24-28-14-6-2-7-15-28)22-33-34-29(26-37-33)25-36(30-16-8-3-9-17-30,31-18-10-4-11-19-31)32-20-12-5-13-21-32/h2-21,26-27H,22-25H2,1H3/q+1/t27-/m1/s1. The van der Waals surface area contributed by atoms with E-state index in [0.29, 0.717) is 12.5 Å². The lowest BCUT2D eigenvalue weighted by Gasteiger charge is -2.27. The van der Waals surface area contributed by atoms with E-state index in [0.717, 1.165) is 19.2 Å². The van der Waals surface area contributed by atoms with Crippen molar-refractivity contribution in [2.45, 2.75) is 26.1 Å². The first-order valence-corrected chi connectivity index (χ1v) is 15.7. The Balaban J connectivity index is 1.38. The summed E-state index contributed by atoms with van der Waals surface area (Å²) in [5, 5.41) is 7.65. The van der Waals surface area contributed by atoms with Gasteiger partial charge < -0.3 is 4.74 Å². The third-order valence-electron chi connectivity index (χ3n) is 6.63. The lowest BCUT2D eigenvalue weighted by molar-refractivity contribution is 0.0921. The van der Waals surface area contributed by atoms with E-state index in [-0.39, 0.29) is 0 Å². The summed E-state index contributed by atoms with van der Waals surface area (Å²) in [7, 11) is -1.93. The molecule has 5 rings (SSSR count). The van der Waals surface area contributed by atoms with Crippen molar-refractivity contribution in [1.29, 1.82) is 0 Å². The molecule has 0 spiro atoms. The Kier molecular flexibility index (Phi) is 8.58. The Hall–Kier alpha value is -3.10. The number of hydrogen-bond acceptors (Lipinski definition) is 3. The quantitative estimate of drug-likeness (QED) is 0.174. The molecule has 0 aliphatic carbocycles. The van der Waals surface area contributed by atoms with E-state index >= 15 is 0 Å². The molecule has 4 aromatic carbocycles. The van der Waals surface area contributed by atoms with Gasteiger partial charge in [-0.05, 0) is 47.9 Å². The van der Waals surface area contributed by atoms with E-state index in [4.69, 9.17) is 9.72 Å². The molecule has 0 aliphatic rings. The van der Waals surface area contributed by atoms with Gasteiger partial charge in [-0.1, -0.05) is 91.9 Å². The van der Waals surface area contributed by atoms with Crippen LogP contribution in [0, 0.1) is 5.92 Å². The van der Waals surface area contributed by atoms with Crippen LogP contribution in [-0.4, -0.2) is 11.6 Å². The summed E-state index contributed by atoms with van der Waals surface area (Å²) in [6, 6.07) is 43.5. The summed E-state index contributed by atoms with van der Waals surface area (Å²) in [4.78, 5) is 5.17. The summed E-state index contributed by atoms with van der Waals surface area (Å²) < 4.78 is 6.00. The fourth-order valence-electron chi connectivity index (χ4n) is 4.84. The Bertz CT molecular complexity index is 1260. The van der Waals surface area contributed by atoms with Gasteiger partial charge in [0, 0.05) is 18.4 Å². The largest absolute Gasteiger partial charge is 0.376 e. The maximum absolute atomic E-state index is 6.00. The van der Waals surface area contributed by atoms with Crippen molar-refractivity contribution in [2.24, 2.45) is 5.92 Å². The molecular formula is C33H33NOPS+. The summed E-state index contributed by atoms with van der Waals surface area (Å²) in [6.45, 7) is 3.65. The van der Waals surface area contributed by atoms with Crippen LogP contribution < -0.4 is 15.9 Å². The van der Waals surface area contributed by atoms with Crippen molar-refractivity contribution in [3.8, 4) is 0 Å². The van der Waals surface area contributed by atoms with E-state index in [9.17, 15) is 0 Å². The van der Waals surface area contributed by atoms with Gasteiger partial charge in [-0.25, -0.2) is 4.98 Å². The van der Waals surface area contributed by atoms with Gasteiger partial charge in [0.1, 0.15) is 29.3 Å². The van der Waals surface area contributed by atoms with Crippen LogP contribution in [0.3, 0.4) is 0 Å². The Labute approximate surface area is 225 Å². The van der Waals surface area contributed by atoms with Crippen molar-refractivity contribution in [3.05, 3.63) is 143 Å². The van der Waals surface area contributed by atoms with Crippen molar-refractivity contribution in [2.75, 3.05) is 6.61 Å². The molecule has 1 atom stereocenters. The molecule has 1 heterocycles. The molecule has 186 valence electrons. The molecule has 0 saturated carbocycles. The average molecular weight is 523 g/mol. The molecule has 0 radical (unpaired) electrons. The van der Waals surface area contributed by atoms with Crippen molar-refractivity contribution in [1.82, 2.24) is 4.98 Å². The number of rotatable bonds is 11. The molecule has 0 fully saturated rings. The average Bonchev–Trinajstić information content (AvgIpc) is 3.40. The lowest BCUT2D eigenvalue weighted by atomic mass is 10.1. The number of ether oxygens (including phenoxy) is 1. The summed E-state index contributed by atoms with van der Waals surface area (Å²) >= 11 is 1.79. The van der Waals surface area contributed by atoms with Crippen LogP contribution in [0.25, 0.3) is 0 Å². The monoisotopic (exact) mass is 522 g/mol. The molecule has 5 aromatic rings. The third-order valence-corrected chi connectivity index (χ3v) is 11.9. The van der Waals surface area contributed by atoms with Gasteiger partial charge in [-0.2, -0.15) is 0 Å². The minimum absolute atomic E-state index is 0.416. The third kappa shape index (κ3) is 6.25. The van der Waals surface area contributed by atoms with E-state index in [1.54, 1.807) is 11.3 Å². The highest BCUT2D eigenvalue weighted by Crippen LogP contribution is 2.58. The number of hydrogen-bond donors (Lipinski definition) is 0. The molecule has 1 aromatic heterocycles. The predicted octanol–water partition coefficient (Wildman–Crippen LogP) is 7.03. The van der Waals surface area contributed by atoms with Gasteiger partial charge in [-0.3, -0.25) is 0 Å². The summed E-state index contributed by atoms with van der Waals surface area (Å²) in [5.41, 5.74) is 2.40. The van der Waals surface area contributed by atoms with E-state index in [2.05, 4.69) is 128 Å². The van der Waals surface area contributed by atoms with Crippen LogP contribution in [0.1, 0.15) is 23.2 Å². The maximum atomic E-state index is 6.00. The molecule has 0 bridgehead atoms. The minimum atomic E-state index is -1.93. The molecule has 2 nitrogen and oxygen atoms in total. The number of benzene rings is 4. The molecule has 0 saturated heterocycles. The van der Waals surface area contributed by atoms with Crippen LogP contribution in [0.5, 0.6) is 0 Å². The van der Waals surface area contributed by atoms with Crippen molar-refractivity contribution >= 4 is 34.5 Å². The highest BCUT2D eigenvalue weighted by atomic mass is 32.1. The van der Waals surface area contributed by atoms with Gasteiger partial charge >= 0.3 is 0 Å². The molecule has 0 N–H and O–H groups in total. The second-order valence-corrected chi connectivity index (χ2v) is 13.9. The number of aromatic nitrogens is 1. The van der Waals surface area contributed by atoms with Gasteiger partial charge in [0.15, 0.2) is 0 Å². The zero-order chi connectivity index (χ0) is 25.3. The fourth-order valence-corrected chi connectivity index (χ4v) is 10.1. The van der Waals surface area contributed by atoms with E-state index in [1.807, 2.05) is 6.07 Å². The molecular weight excluding hydrogens is 489 g/mol. The second kappa shape index (κ2) is 12.4.